The van der Waals surface area contributed by atoms with Crippen LogP contribution in [0.15, 0.2) is 0 Å². The highest BCUT2D eigenvalue weighted by Gasteiger charge is 2.19. The Balaban J connectivity index is 4.35. The second-order valence-electron chi connectivity index (χ2n) is 8.62. The third-order valence-electron chi connectivity index (χ3n) is 5.36. The maximum atomic E-state index is 12.1. The Labute approximate surface area is 196 Å². The zero-order valence-electron chi connectivity index (χ0n) is 21.0. The second-order valence-corrected chi connectivity index (χ2v) is 8.62. The molecule has 0 aliphatic rings. The van der Waals surface area contributed by atoms with Crippen molar-refractivity contribution < 1.29 is 28.6 Å². The number of rotatable bonds is 22. The van der Waals surface area contributed by atoms with Crippen molar-refractivity contribution in [1.29, 1.82) is 0 Å². The molecule has 0 aromatic rings. The van der Waals surface area contributed by atoms with Gasteiger partial charge in [-0.25, -0.2) is 0 Å². The van der Waals surface area contributed by atoms with E-state index in [1.54, 1.807) is 0 Å². The monoisotopic (exact) mass is 456 g/mol. The predicted molar refractivity (Wildman–Crippen MR) is 127 cm³/mol. The zero-order valence-corrected chi connectivity index (χ0v) is 21.0. The number of hydrogen-bond acceptors (Lipinski definition) is 6. The Kier molecular flexibility index (Phi) is 21.5. The first-order valence-electron chi connectivity index (χ1n) is 13.0. The van der Waals surface area contributed by atoms with Crippen LogP contribution in [0.4, 0.5) is 0 Å². The normalized spacial score (nSPS) is 10.9. The smallest absolute Gasteiger partial charge is 0.306 e. The fourth-order valence-electron chi connectivity index (χ4n) is 3.32. The maximum Gasteiger partial charge on any atom is 0.306 e. The van der Waals surface area contributed by atoms with E-state index in [0.29, 0.717) is 19.3 Å². The predicted octanol–water partition coefficient (Wildman–Crippen LogP) is 6.68. The highest BCUT2D eigenvalue weighted by Crippen LogP contribution is 2.10. The first kappa shape index (κ1) is 30.4. The van der Waals surface area contributed by atoms with Crippen molar-refractivity contribution in [3.63, 3.8) is 0 Å². The molecule has 6 heteroatoms. The average Bonchev–Trinajstić information content (AvgIpc) is 2.78. The molecule has 0 rings (SSSR count). The molecular weight excluding hydrogens is 408 g/mol. The van der Waals surface area contributed by atoms with Gasteiger partial charge in [0.15, 0.2) is 6.10 Å². The van der Waals surface area contributed by atoms with Crippen LogP contribution >= 0.6 is 0 Å². The molecule has 0 heterocycles. The molecule has 0 radical (unpaired) electrons. The van der Waals surface area contributed by atoms with Gasteiger partial charge in [0.2, 0.25) is 0 Å². The van der Waals surface area contributed by atoms with E-state index < -0.39 is 6.10 Å². The minimum Gasteiger partial charge on any atom is -0.462 e. The first-order chi connectivity index (χ1) is 15.5. The fraction of sp³-hybridized carbons (Fsp3) is 0.885. The molecule has 0 fully saturated rings. The van der Waals surface area contributed by atoms with Gasteiger partial charge in [-0.1, -0.05) is 91.4 Å². The van der Waals surface area contributed by atoms with Gasteiger partial charge in [0.05, 0.1) is 0 Å². The molecule has 188 valence electrons. The quantitative estimate of drug-likeness (QED) is 0.103. The molecule has 0 spiro atoms. The summed E-state index contributed by atoms with van der Waals surface area (Å²) in [6, 6.07) is 0. The minimum absolute atomic E-state index is 0.0712. The standard InChI is InChI=1S/C26H48O6/c1-4-7-10-13-16-18-24(27)30-21-23(32-26(29)20-15-12-9-6-3)22-31-25(28)19-17-14-11-8-5-2/h23H,4-22H2,1-3H3. The molecule has 0 aromatic heterocycles. The highest BCUT2D eigenvalue weighted by molar-refractivity contribution is 5.71. The van der Waals surface area contributed by atoms with Gasteiger partial charge in [-0.05, 0) is 19.3 Å². The summed E-state index contributed by atoms with van der Waals surface area (Å²) in [5.41, 5.74) is 0. The minimum atomic E-state index is -0.748. The average molecular weight is 457 g/mol. The fourth-order valence-corrected chi connectivity index (χ4v) is 3.32. The third-order valence-corrected chi connectivity index (χ3v) is 5.36. The number of unbranched alkanes of at least 4 members (excludes halogenated alkanes) is 11. The van der Waals surface area contributed by atoms with Gasteiger partial charge in [0.1, 0.15) is 13.2 Å². The Bertz CT molecular complexity index is 447. The largest absolute Gasteiger partial charge is 0.462 e. The third kappa shape index (κ3) is 20.3. The number of carbonyl (C=O) groups is 3. The number of carbonyl (C=O) groups excluding carboxylic acids is 3. The molecule has 0 aliphatic heterocycles. The molecule has 0 saturated carbocycles. The van der Waals surface area contributed by atoms with Crippen molar-refractivity contribution in [2.75, 3.05) is 13.2 Å². The van der Waals surface area contributed by atoms with Gasteiger partial charge >= 0.3 is 17.9 Å². The van der Waals surface area contributed by atoms with Crippen molar-refractivity contribution in [2.24, 2.45) is 0 Å². The number of esters is 3. The molecule has 0 atom stereocenters. The van der Waals surface area contributed by atoms with Crippen LogP contribution in [0.1, 0.15) is 130 Å². The SMILES string of the molecule is CCCCCCCC(=O)OCC(COC(=O)CCCCCCC)OC(=O)CCCCCC. The van der Waals surface area contributed by atoms with Gasteiger partial charge in [-0.15, -0.1) is 0 Å². The number of ether oxygens (including phenoxy) is 3. The molecule has 0 N–H and O–H groups in total. The summed E-state index contributed by atoms with van der Waals surface area (Å²) in [6.45, 7) is 6.28. The summed E-state index contributed by atoms with van der Waals surface area (Å²) < 4.78 is 16.1. The van der Waals surface area contributed by atoms with E-state index >= 15 is 0 Å². The van der Waals surface area contributed by atoms with E-state index in [4.69, 9.17) is 14.2 Å². The summed E-state index contributed by atoms with van der Waals surface area (Å²) in [6.07, 6.45) is 14.8. The van der Waals surface area contributed by atoms with Crippen LogP contribution in [-0.2, 0) is 28.6 Å². The Hall–Kier alpha value is -1.59. The Morgan fingerprint density at radius 3 is 1.25 bits per heavy atom. The topological polar surface area (TPSA) is 78.9 Å². The molecule has 0 bridgehead atoms. The van der Waals surface area contributed by atoms with Crippen molar-refractivity contribution in [3.8, 4) is 0 Å². The van der Waals surface area contributed by atoms with Crippen LogP contribution in [0.2, 0.25) is 0 Å². The molecule has 0 aromatic carbocycles. The summed E-state index contributed by atoms with van der Waals surface area (Å²) in [5.74, 6) is -0.933. The van der Waals surface area contributed by atoms with Gasteiger partial charge < -0.3 is 14.2 Å². The van der Waals surface area contributed by atoms with E-state index in [1.165, 1.54) is 12.8 Å². The van der Waals surface area contributed by atoms with E-state index in [0.717, 1.165) is 77.0 Å². The summed E-state index contributed by atoms with van der Waals surface area (Å²) >= 11 is 0. The maximum absolute atomic E-state index is 12.1. The molecule has 6 nitrogen and oxygen atoms in total. The van der Waals surface area contributed by atoms with E-state index in [9.17, 15) is 14.4 Å². The van der Waals surface area contributed by atoms with Crippen molar-refractivity contribution in [1.82, 2.24) is 0 Å². The molecule has 32 heavy (non-hydrogen) atoms. The van der Waals surface area contributed by atoms with Crippen LogP contribution in [0, 0.1) is 0 Å². The second kappa shape index (κ2) is 22.6. The lowest BCUT2D eigenvalue weighted by Crippen LogP contribution is -2.30. The van der Waals surface area contributed by atoms with Crippen LogP contribution in [0.25, 0.3) is 0 Å². The van der Waals surface area contributed by atoms with Gasteiger partial charge in [-0.3, -0.25) is 14.4 Å². The summed E-state index contributed by atoms with van der Waals surface area (Å²) in [4.78, 5) is 36.2. The van der Waals surface area contributed by atoms with Crippen LogP contribution < -0.4 is 0 Å². The van der Waals surface area contributed by atoms with Gasteiger partial charge in [0, 0.05) is 19.3 Å². The van der Waals surface area contributed by atoms with Crippen LogP contribution in [0.5, 0.6) is 0 Å². The number of hydrogen-bond donors (Lipinski definition) is 0. The highest BCUT2D eigenvalue weighted by atomic mass is 16.6. The van der Waals surface area contributed by atoms with Crippen molar-refractivity contribution in [3.05, 3.63) is 0 Å². The lowest BCUT2D eigenvalue weighted by molar-refractivity contribution is -0.167. The van der Waals surface area contributed by atoms with Crippen molar-refractivity contribution >= 4 is 17.9 Å². The Morgan fingerprint density at radius 1 is 0.500 bits per heavy atom. The van der Waals surface area contributed by atoms with Gasteiger partial charge in [0.25, 0.3) is 0 Å². The van der Waals surface area contributed by atoms with Crippen molar-refractivity contribution in [2.45, 2.75) is 136 Å². The summed E-state index contributed by atoms with van der Waals surface area (Å²) in [7, 11) is 0. The molecule has 0 aliphatic carbocycles. The molecule has 0 saturated heterocycles. The molecular formula is C26H48O6. The van der Waals surface area contributed by atoms with Gasteiger partial charge in [-0.2, -0.15) is 0 Å². The lowest BCUT2D eigenvalue weighted by atomic mass is 10.1. The zero-order chi connectivity index (χ0) is 23.9. The summed E-state index contributed by atoms with van der Waals surface area (Å²) in [5, 5.41) is 0. The van der Waals surface area contributed by atoms with E-state index in [2.05, 4.69) is 20.8 Å². The lowest BCUT2D eigenvalue weighted by Gasteiger charge is -2.18. The van der Waals surface area contributed by atoms with Crippen LogP contribution in [0.3, 0.4) is 0 Å². The first-order valence-corrected chi connectivity index (χ1v) is 13.0. The molecule has 0 unspecified atom stereocenters. The van der Waals surface area contributed by atoms with Crippen LogP contribution in [-0.4, -0.2) is 37.2 Å². The molecule has 0 amide bonds. The van der Waals surface area contributed by atoms with E-state index in [1.807, 2.05) is 0 Å². The van der Waals surface area contributed by atoms with E-state index in [-0.39, 0.29) is 31.1 Å². The Morgan fingerprint density at radius 2 is 0.844 bits per heavy atom.